The zero-order valence-electron chi connectivity index (χ0n) is 21.3. The number of H-pyrrole nitrogens is 1. The number of rotatable bonds is 6. The van der Waals surface area contributed by atoms with Crippen molar-refractivity contribution >= 4 is 22.9 Å². The number of aromatic nitrogens is 1. The normalized spacial score (nSPS) is 19.7. The first kappa shape index (κ1) is 27.4. The Morgan fingerprint density at radius 1 is 1.05 bits per heavy atom. The Hall–Kier alpha value is -3.21. The number of carbonyl (C=O) groups excluding carboxylic acids is 1. The highest BCUT2D eigenvalue weighted by atomic mass is 19.2. The van der Waals surface area contributed by atoms with E-state index in [1.165, 1.54) is 17.0 Å². The summed E-state index contributed by atoms with van der Waals surface area (Å²) in [6.07, 6.45) is 5.39. The average Bonchev–Trinajstić information content (AvgIpc) is 3.34. The maximum Gasteiger partial charge on any atom is 0.246 e. The van der Waals surface area contributed by atoms with Crippen molar-refractivity contribution in [1.29, 1.82) is 0 Å². The molecule has 2 fully saturated rings. The van der Waals surface area contributed by atoms with Crippen molar-refractivity contribution in [2.75, 3.05) is 32.7 Å². The molecule has 3 heterocycles. The number of nitrogens with zero attached hydrogens (tertiary/aromatic N) is 2. The smallest absolute Gasteiger partial charge is 0.246 e. The number of hydrogen-bond acceptors (Lipinski definition) is 4. The van der Waals surface area contributed by atoms with Gasteiger partial charge in [-0.15, -0.1) is 0 Å². The van der Waals surface area contributed by atoms with Crippen molar-refractivity contribution in [3.8, 4) is 0 Å². The standard InChI is InChI=1S/C29H31F4N3O3/c30-20-2-3-25-21(15-20)22(16-34-25)19-5-9-35(10-6-19)17-26(37)29(39)7-11-36(12-8-29)27(38)4-1-18-13-23(31)28(33)24(32)14-18/h1-4,13-16,19,26,34,37,39H,5-12,17H2/b4-1+. The van der Waals surface area contributed by atoms with Gasteiger partial charge in [0, 0.05) is 42.8 Å². The number of carbonyl (C=O) groups is 1. The second kappa shape index (κ2) is 11.1. The predicted octanol–water partition coefficient (Wildman–Crippen LogP) is 4.33. The topological polar surface area (TPSA) is 79.8 Å². The zero-order valence-corrected chi connectivity index (χ0v) is 21.3. The summed E-state index contributed by atoms with van der Waals surface area (Å²) in [5.74, 6) is -4.63. The highest BCUT2D eigenvalue weighted by Crippen LogP contribution is 2.34. The van der Waals surface area contributed by atoms with E-state index in [0.717, 1.165) is 60.6 Å². The number of amides is 1. The number of benzene rings is 2. The number of fused-ring (bicyclic) bond motifs is 1. The molecule has 10 heteroatoms. The third-order valence-corrected chi connectivity index (χ3v) is 8.12. The Morgan fingerprint density at radius 2 is 1.72 bits per heavy atom. The van der Waals surface area contributed by atoms with E-state index in [2.05, 4.69) is 9.88 Å². The molecule has 39 heavy (non-hydrogen) atoms. The molecule has 1 aromatic heterocycles. The molecule has 2 aliphatic heterocycles. The van der Waals surface area contributed by atoms with E-state index in [-0.39, 0.29) is 43.2 Å². The molecule has 3 aromatic rings. The van der Waals surface area contributed by atoms with E-state index >= 15 is 0 Å². The molecule has 3 N–H and O–H groups in total. The van der Waals surface area contributed by atoms with Gasteiger partial charge in [-0.3, -0.25) is 4.79 Å². The van der Waals surface area contributed by atoms with Crippen LogP contribution >= 0.6 is 0 Å². The molecule has 0 radical (unpaired) electrons. The minimum atomic E-state index is -1.57. The van der Waals surface area contributed by atoms with Crippen molar-refractivity contribution in [1.82, 2.24) is 14.8 Å². The van der Waals surface area contributed by atoms with Crippen LogP contribution in [-0.4, -0.2) is 75.3 Å². The number of aliphatic hydroxyl groups excluding tert-OH is 1. The first-order chi connectivity index (χ1) is 18.6. The quantitative estimate of drug-likeness (QED) is 0.245. The lowest BCUT2D eigenvalue weighted by Crippen LogP contribution is -2.56. The van der Waals surface area contributed by atoms with Crippen LogP contribution in [-0.2, 0) is 4.79 Å². The molecular formula is C29H31F4N3O3. The summed E-state index contributed by atoms with van der Waals surface area (Å²) in [4.78, 5) is 19.4. The molecule has 0 saturated carbocycles. The van der Waals surface area contributed by atoms with Gasteiger partial charge in [0.2, 0.25) is 5.91 Å². The molecule has 2 saturated heterocycles. The third-order valence-electron chi connectivity index (χ3n) is 8.12. The number of halogens is 4. The number of hydrogen-bond donors (Lipinski definition) is 3. The zero-order chi connectivity index (χ0) is 27.7. The minimum absolute atomic E-state index is 0.0179. The van der Waals surface area contributed by atoms with Crippen LogP contribution in [0.5, 0.6) is 0 Å². The fourth-order valence-corrected chi connectivity index (χ4v) is 5.69. The molecule has 1 unspecified atom stereocenters. The Morgan fingerprint density at radius 3 is 2.38 bits per heavy atom. The van der Waals surface area contributed by atoms with Crippen LogP contribution in [0.15, 0.2) is 42.6 Å². The number of β-amino-alcohol motifs (C(OH)–C–C–N with tert-alkyl or cyclic N) is 1. The summed E-state index contributed by atoms with van der Waals surface area (Å²) in [5.41, 5.74) is 0.688. The largest absolute Gasteiger partial charge is 0.389 e. The molecule has 6 nitrogen and oxygen atoms in total. The summed E-state index contributed by atoms with van der Waals surface area (Å²) in [5, 5.41) is 22.9. The van der Waals surface area contributed by atoms with Gasteiger partial charge in [0.25, 0.3) is 0 Å². The van der Waals surface area contributed by atoms with Gasteiger partial charge in [-0.2, -0.15) is 0 Å². The first-order valence-electron chi connectivity index (χ1n) is 13.1. The second-order valence-electron chi connectivity index (χ2n) is 10.6. The number of aromatic amines is 1. The summed E-state index contributed by atoms with van der Waals surface area (Å²) in [6, 6.07) is 6.34. The van der Waals surface area contributed by atoms with Crippen LogP contribution in [0, 0.1) is 23.3 Å². The lowest BCUT2D eigenvalue weighted by atomic mass is 9.84. The average molecular weight is 546 g/mol. The number of piperidine rings is 2. The van der Waals surface area contributed by atoms with Gasteiger partial charge in [-0.25, -0.2) is 17.6 Å². The van der Waals surface area contributed by atoms with Crippen LogP contribution in [0.4, 0.5) is 17.6 Å². The lowest BCUT2D eigenvalue weighted by Gasteiger charge is -2.43. The van der Waals surface area contributed by atoms with Gasteiger partial charge in [-0.1, -0.05) is 0 Å². The predicted molar refractivity (Wildman–Crippen MR) is 139 cm³/mol. The van der Waals surface area contributed by atoms with E-state index in [9.17, 15) is 32.6 Å². The Labute approximate surface area is 223 Å². The minimum Gasteiger partial charge on any atom is -0.389 e. The van der Waals surface area contributed by atoms with Crippen LogP contribution in [0.1, 0.15) is 42.7 Å². The summed E-state index contributed by atoms with van der Waals surface area (Å²) >= 11 is 0. The Kier molecular flexibility index (Phi) is 7.80. The van der Waals surface area contributed by atoms with E-state index in [1.54, 1.807) is 12.1 Å². The van der Waals surface area contributed by atoms with Gasteiger partial charge < -0.3 is 25.0 Å². The van der Waals surface area contributed by atoms with Crippen LogP contribution < -0.4 is 0 Å². The summed E-state index contributed by atoms with van der Waals surface area (Å²) in [7, 11) is 0. The Balaban J connectivity index is 1.11. The van der Waals surface area contributed by atoms with Gasteiger partial charge >= 0.3 is 0 Å². The van der Waals surface area contributed by atoms with Crippen LogP contribution in [0.2, 0.25) is 0 Å². The van der Waals surface area contributed by atoms with Crippen molar-refractivity contribution in [3.05, 3.63) is 77.0 Å². The summed E-state index contributed by atoms with van der Waals surface area (Å²) in [6.45, 7) is 2.20. The highest BCUT2D eigenvalue weighted by Gasteiger charge is 2.40. The molecule has 1 amide bonds. The molecule has 2 aliphatic rings. The SMILES string of the molecule is O=C(/C=C/c1cc(F)c(F)c(F)c1)N1CCC(O)(C(O)CN2CCC(c3c[nH]c4ccc(F)cc34)CC2)CC1. The molecular weight excluding hydrogens is 514 g/mol. The van der Waals surface area contributed by atoms with Crippen LogP contribution in [0.25, 0.3) is 17.0 Å². The maximum atomic E-state index is 13.8. The highest BCUT2D eigenvalue weighted by molar-refractivity contribution is 5.91. The van der Waals surface area contributed by atoms with Crippen molar-refractivity contribution < 1.29 is 32.6 Å². The van der Waals surface area contributed by atoms with Crippen LogP contribution in [0.3, 0.4) is 0 Å². The van der Waals surface area contributed by atoms with Crippen molar-refractivity contribution in [2.45, 2.75) is 43.3 Å². The Bertz CT molecular complexity index is 1350. The summed E-state index contributed by atoms with van der Waals surface area (Å²) < 4.78 is 53.7. The molecule has 208 valence electrons. The monoisotopic (exact) mass is 545 g/mol. The molecule has 2 aromatic carbocycles. The van der Waals surface area contributed by atoms with E-state index in [1.807, 2.05) is 6.20 Å². The van der Waals surface area contributed by atoms with E-state index in [0.29, 0.717) is 6.54 Å². The van der Waals surface area contributed by atoms with Crippen molar-refractivity contribution in [3.63, 3.8) is 0 Å². The molecule has 0 bridgehead atoms. The maximum absolute atomic E-state index is 13.8. The fraction of sp³-hybridized carbons (Fsp3) is 0.414. The van der Waals surface area contributed by atoms with Gasteiger partial charge in [-0.05, 0) is 92.2 Å². The molecule has 1 atom stereocenters. The molecule has 5 rings (SSSR count). The number of likely N-dealkylation sites (tertiary alicyclic amines) is 2. The third kappa shape index (κ3) is 5.88. The molecule has 0 aliphatic carbocycles. The van der Waals surface area contributed by atoms with Gasteiger partial charge in [0.05, 0.1) is 11.7 Å². The van der Waals surface area contributed by atoms with Gasteiger partial charge in [0.15, 0.2) is 17.5 Å². The number of aliphatic hydroxyl groups is 2. The molecule has 0 spiro atoms. The lowest BCUT2D eigenvalue weighted by molar-refractivity contribution is -0.140. The first-order valence-corrected chi connectivity index (χ1v) is 13.1. The second-order valence-corrected chi connectivity index (χ2v) is 10.6. The van der Waals surface area contributed by atoms with E-state index in [4.69, 9.17) is 0 Å². The van der Waals surface area contributed by atoms with E-state index < -0.39 is 35.1 Å². The van der Waals surface area contributed by atoms with Gasteiger partial charge in [0.1, 0.15) is 5.82 Å². The van der Waals surface area contributed by atoms with Crippen molar-refractivity contribution in [2.24, 2.45) is 0 Å². The fourth-order valence-electron chi connectivity index (χ4n) is 5.69. The number of nitrogens with one attached hydrogen (secondary N) is 1.